The number of benzene rings is 1. The quantitative estimate of drug-likeness (QED) is 0.564. The second kappa shape index (κ2) is 5.74. The molecule has 1 unspecified atom stereocenters. The van der Waals surface area contributed by atoms with Crippen molar-refractivity contribution in [3.63, 3.8) is 0 Å². The van der Waals surface area contributed by atoms with Gasteiger partial charge in [0.1, 0.15) is 0 Å². The second-order valence-electron chi connectivity index (χ2n) is 4.98. The highest BCUT2D eigenvalue weighted by Crippen LogP contribution is 2.38. The lowest BCUT2D eigenvalue weighted by atomic mass is 9.94. The van der Waals surface area contributed by atoms with Crippen molar-refractivity contribution in [2.24, 2.45) is 0 Å². The van der Waals surface area contributed by atoms with Gasteiger partial charge in [0, 0.05) is 15.0 Å². The van der Waals surface area contributed by atoms with Crippen LogP contribution in [0.15, 0.2) is 28.7 Å². The Hall–Kier alpha value is -0.0700. The molecule has 0 saturated carbocycles. The van der Waals surface area contributed by atoms with Crippen LogP contribution in [0.1, 0.15) is 34.9 Å². The van der Waals surface area contributed by atoms with Gasteiger partial charge in [0.05, 0.1) is 8.93 Å². The molecule has 1 heterocycles. The third kappa shape index (κ3) is 3.00. The van der Waals surface area contributed by atoms with Gasteiger partial charge in [0.2, 0.25) is 0 Å². The fourth-order valence-corrected chi connectivity index (χ4v) is 5.05. The average molecular weight is 448 g/mol. The molecule has 1 aromatic heterocycles. The summed E-state index contributed by atoms with van der Waals surface area (Å²) in [7, 11) is 0. The zero-order valence-electron chi connectivity index (χ0n) is 10.7. The molecule has 3 rings (SSSR count). The van der Waals surface area contributed by atoms with Gasteiger partial charge in [-0.1, -0.05) is 22.0 Å². The summed E-state index contributed by atoms with van der Waals surface area (Å²) in [6, 6.07) is 9.33. The summed E-state index contributed by atoms with van der Waals surface area (Å²) in [5, 5.41) is 3.69. The van der Waals surface area contributed by atoms with Crippen molar-refractivity contribution in [1.82, 2.24) is 0 Å². The van der Waals surface area contributed by atoms with E-state index in [1.54, 1.807) is 4.88 Å². The highest BCUT2D eigenvalue weighted by molar-refractivity contribution is 14.1. The average Bonchev–Trinajstić information content (AvgIpc) is 2.75. The number of halogens is 2. The van der Waals surface area contributed by atoms with Gasteiger partial charge in [-0.25, -0.2) is 0 Å². The van der Waals surface area contributed by atoms with E-state index in [4.69, 9.17) is 0 Å². The third-order valence-electron chi connectivity index (χ3n) is 3.60. The molecule has 1 atom stereocenters. The van der Waals surface area contributed by atoms with E-state index >= 15 is 0 Å². The van der Waals surface area contributed by atoms with Crippen molar-refractivity contribution in [3.05, 3.63) is 47.6 Å². The van der Waals surface area contributed by atoms with Crippen LogP contribution in [0.4, 0.5) is 5.69 Å². The third-order valence-corrected chi connectivity index (χ3v) is 6.42. The van der Waals surface area contributed by atoms with Crippen LogP contribution in [0, 0.1) is 9.81 Å². The molecule has 0 radical (unpaired) electrons. The highest BCUT2D eigenvalue weighted by atomic mass is 127. The zero-order valence-corrected chi connectivity index (χ0v) is 15.2. The Labute approximate surface area is 140 Å². The molecule has 100 valence electrons. The summed E-state index contributed by atoms with van der Waals surface area (Å²) in [6.07, 6.45) is 3.76. The van der Waals surface area contributed by atoms with Crippen molar-refractivity contribution < 1.29 is 0 Å². The van der Waals surface area contributed by atoms with E-state index in [-0.39, 0.29) is 0 Å². The number of hydrogen-bond donors (Lipinski definition) is 1. The predicted octanol–water partition coefficient (Wildman–Crippen LogP) is 5.91. The van der Waals surface area contributed by atoms with E-state index in [1.165, 1.54) is 43.4 Å². The maximum atomic E-state index is 3.69. The fourth-order valence-electron chi connectivity index (χ4n) is 2.56. The minimum atomic E-state index is 0.470. The van der Waals surface area contributed by atoms with Crippen LogP contribution < -0.4 is 5.32 Å². The summed E-state index contributed by atoms with van der Waals surface area (Å²) < 4.78 is 2.58. The van der Waals surface area contributed by atoms with E-state index in [9.17, 15) is 0 Å². The number of anilines is 1. The van der Waals surface area contributed by atoms with Crippen molar-refractivity contribution in [1.29, 1.82) is 0 Å². The van der Waals surface area contributed by atoms with Gasteiger partial charge in [0.15, 0.2) is 0 Å². The van der Waals surface area contributed by atoms with Crippen LogP contribution in [0.25, 0.3) is 0 Å². The number of thiophene rings is 1. The number of aryl methyl sites for hydroxylation is 2. The van der Waals surface area contributed by atoms with E-state index in [2.05, 4.69) is 75.0 Å². The molecule has 4 heteroatoms. The SMILES string of the molecule is Cc1ccc(NC2CCCc3sc(I)cc32)cc1Br. The van der Waals surface area contributed by atoms with Gasteiger partial charge in [0.25, 0.3) is 0 Å². The van der Waals surface area contributed by atoms with E-state index in [0.29, 0.717) is 6.04 Å². The smallest absolute Gasteiger partial charge is 0.0660 e. The fraction of sp³-hybridized carbons (Fsp3) is 0.333. The highest BCUT2D eigenvalue weighted by Gasteiger charge is 2.22. The van der Waals surface area contributed by atoms with Crippen molar-refractivity contribution >= 4 is 55.5 Å². The van der Waals surface area contributed by atoms with Crippen molar-refractivity contribution in [3.8, 4) is 0 Å². The van der Waals surface area contributed by atoms with Gasteiger partial charge < -0.3 is 5.32 Å². The number of fused-ring (bicyclic) bond motifs is 1. The topological polar surface area (TPSA) is 12.0 Å². The number of hydrogen-bond acceptors (Lipinski definition) is 2. The Balaban J connectivity index is 1.86. The molecular formula is C15H15BrINS. The van der Waals surface area contributed by atoms with Crippen molar-refractivity contribution in [2.75, 3.05) is 5.32 Å². The summed E-state index contributed by atoms with van der Waals surface area (Å²) in [5.41, 5.74) is 3.99. The Morgan fingerprint density at radius 1 is 1.37 bits per heavy atom. The molecule has 0 spiro atoms. The number of rotatable bonds is 2. The molecule has 0 bridgehead atoms. The van der Waals surface area contributed by atoms with Crippen LogP contribution in [0.3, 0.4) is 0 Å². The maximum absolute atomic E-state index is 3.69. The summed E-state index contributed by atoms with van der Waals surface area (Å²) in [4.78, 5) is 1.57. The molecule has 1 aliphatic rings. The monoisotopic (exact) mass is 447 g/mol. The molecule has 0 aliphatic heterocycles. The van der Waals surface area contributed by atoms with Crippen molar-refractivity contribution in [2.45, 2.75) is 32.2 Å². The zero-order chi connectivity index (χ0) is 13.4. The molecule has 1 aromatic carbocycles. The summed E-state index contributed by atoms with van der Waals surface area (Å²) >= 11 is 7.99. The largest absolute Gasteiger partial charge is 0.378 e. The van der Waals surface area contributed by atoms with E-state index in [1.807, 2.05) is 11.3 Å². The Kier molecular flexibility index (Phi) is 4.19. The molecular weight excluding hydrogens is 433 g/mol. The van der Waals surface area contributed by atoms with Crippen LogP contribution in [0.2, 0.25) is 0 Å². The van der Waals surface area contributed by atoms with Crippen LogP contribution in [-0.2, 0) is 6.42 Å². The standard InChI is InChI=1S/C15H15BrINS/c1-9-5-6-10(7-12(9)16)18-13-3-2-4-14-11(13)8-15(17)19-14/h5-8,13,18H,2-4H2,1H3. The minimum absolute atomic E-state index is 0.470. The van der Waals surface area contributed by atoms with Crippen LogP contribution in [-0.4, -0.2) is 0 Å². The molecule has 19 heavy (non-hydrogen) atoms. The van der Waals surface area contributed by atoms with Crippen LogP contribution in [0.5, 0.6) is 0 Å². The first-order valence-corrected chi connectivity index (χ1v) is 9.13. The normalized spacial score (nSPS) is 18.2. The Bertz CT molecular complexity index is 608. The first-order chi connectivity index (χ1) is 9.13. The molecule has 1 N–H and O–H groups in total. The molecule has 0 fully saturated rings. The van der Waals surface area contributed by atoms with Gasteiger partial charge >= 0.3 is 0 Å². The van der Waals surface area contributed by atoms with Gasteiger partial charge in [-0.15, -0.1) is 11.3 Å². The van der Waals surface area contributed by atoms with Gasteiger partial charge in [-0.05, 0) is 78.1 Å². The van der Waals surface area contributed by atoms with Crippen LogP contribution >= 0.6 is 49.9 Å². The molecule has 1 aliphatic carbocycles. The van der Waals surface area contributed by atoms with Gasteiger partial charge in [-0.2, -0.15) is 0 Å². The molecule has 0 saturated heterocycles. The number of nitrogens with one attached hydrogen (secondary N) is 1. The lowest BCUT2D eigenvalue weighted by Gasteiger charge is -2.25. The molecule has 2 aromatic rings. The van der Waals surface area contributed by atoms with E-state index in [0.717, 1.165) is 0 Å². The molecule has 0 amide bonds. The Morgan fingerprint density at radius 2 is 2.21 bits per heavy atom. The lowest BCUT2D eigenvalue weighted by Crippen LogP contribution is -2.15. The molecule has 1 nitrogen and oxygen atoms in total. The van der Waals surface area contributed by atoms with E-state index < -0.39 is 0 Å². The van der Waals surface area contributed by atoms with Gasteiger partial charge in [-0.3, -0.25) is 0 Å². The second-order valence-corrected chi connectivity index (χ2v) is 8.87. The maximum Gasteiger partial charge on any atom is 0.0660 e. The summed E-state index contributed by atoms with van der Waals surface area (Å²) in [5.74, 6) is 0. The lowest BCUT2D eigenvalue weighted by molar-refractivity contribution is 0.609. The Morgan fingerprint density at radius 3 is 3.00 bits per heavy atom. The first-order valence-electron chi connectivity index (χ1n) is 6.44. The predicted molar refractivity (Wildman–Crippen MR) is 95.2 cm³/mol. The summed E-state index contributed by atoms with van der Waals surface area (Å²) in [6.45, 7) is 2.12. The minimum Gasteiger partial charge on any atom is -0.378 e. The first kappa shape index (κ1) is 13.9.